The number of aliphatic hydroxyl groups is 1. The molecule has 1 amide bonds. The summed E-state index contributed by atoms with van der Waals surface area (Å²) in [5, 5.41) is 12.7. The Morgan fingerprint density at radius 3 is 2.40 bits per heavy atom. The summed E-state index contributed by atoms with van der Waals surface area (Å²) in [6.07, 6.45) is 4.28. The summed E-state index contributed by atoms with van der Waals surface area (Å²) in [7, 11) is 0. The molecule has 1 atom stereocenters. The number of hydrogen-bond donors (Lipinski definition) is 2. The van der Waals surface area contributed by atoms with Gasteiger partial charge in [0.15, 0.2) is 0 Å². The molecule has 0 spiro atoms. The van der Waals surface area contributed by atoms with Crippen LogP contribution in [0, 0.1) is 11.3 Å². The van der Waals surface area contributed by atoms with Gasteiger partial charge >= 0.3 is 0 Å². The van der Waals surface area contributed by atoms with Gasteiger partial charge in [-0.25, -0.2) is 0 Å². The maximum Gasteiger partial charge on any atom is 0.225 e. The van der Waals surface area contributed by atoms with Gasteiger partial charge in [0.1, 0.15) is 0 Å². The molecule has 0 bridgehead atoms. The van der Waals surface area contributed by atoms with Crippen LogP contribution in [-0.4, -0.2) is 23.7 Å². The Balaban J connectivity index is 2.27. The average molecular weight is 213 g/mol. The summed E-state index contributed by atoms with van der Waals surface area (Å²) in [4.78, 5) is 11.6. The van der Waals surface area contributed by atoms with Crippen molar-refractivity contribution in [3.8, 4) is 0 Å². The molecule has 2 N–H and O–H groups in total. The van der Waals surface area contributed by atoms with Crippen molar-refractivity contribution < 1.29 is 9.90 Å². The minimum atomic E-state index is -0.366. The number of rotatable bonds is 3. The molecule has 0 aromatic heterocycles. The van der Waals surface area contributed by atoms with Gasteiger partial charge in [0.2, 0.25) is 5.91 Å². The normalized spacial score (nSPS) is 20.3. The first-order chi connectivity index (χ1) is 6.91. The molecule has 15 heavy (non-hydrogen) atoms. The second-order valence-electron chi connectivity index (χ2n) is 5.57. The van der Waals surface area contributed by atoms with Crippen LogP contribution in [0.15, 0.2) is 0 Å². The van der Waals surface area contributed by atoms with Gasteiger partial charge in [0, 0.05) is 12.0 Å². The lowest BCUT2D eigenvalue weighted by Crippen LogP contribution is -2.41. The molecule has 0 heterocycles. The van der Waals surface area contributed by atoms with Gasteiger partial charge in [-0.3, -0.25) is 4.79 Å². The van der Waals surface area contributed by atoms with Crippen molar-refractivity contribution in [2.45, 2.75) is 52.6 Å². The second-order valence-corrected chi connectivity index (χ2v) is 5.57. The van der Waals surface area contributed by atoms with Gasteiger partial charge in [-0.1, -0.05) is 33.6 Å². The molecule has 0 aromatic rings. The Hall–Kier alpha value is -0.570. The third-order valence-electron chi connectivity index (χ3n) is 3.10. The third-order valence-corrected chi connectivity index (χ3v) is 3.10. The summed E-state index contributed by atoms with van der Waals surface area (Å²) < 4.78 is 0. The number of nitrogens with one attached hydrogen (secondary N) is 1. The minimum Gasteiger partial charge on any atom is -0.391 e. The predicted octanol–water partition coefficient (Wildman–Crippen LogP) is 1.70. The smallest absolute Gasteiger partial charge is 0.225 e. The lowest BCUT2D eigenvalue weighted by Gasteiger charge is -2.22. The lowest BCUT2D eigenvalue weighted by atomic mass is 9.95. The van der Waals surface area contributed by atoms with Gasteiger partial charge < -0.3 is 10.4 Å². The zero-order chi connectivity index (χ0) is 11.5. The van der Waals surface area contributed by atoms with Gasteiger partial charge in [-0.2, -0.15) is 0 Å². The summed E-state index contributed by atoms with van der Waals surface area (Å²) in [5.74, 6) is 0.407. The van der Waals surface area contributed by atoms with Crippen molar-refractivity contribution in [1.82, 2.24) is 5.32 Å². The predicted molar refractivity (Wildman–Crippen MR) is 60.4 cm³/mol. The summed E-state index contributed by atoms with van der Waals surface area (Å²) in [6.45, 7) is 6.04. The van der Waals surface area contributed by atoms with Crippen LogP contribution >= 0.6 is 0 Å². The highest BCUT2D eigenvalue weighted by molar-refractivity contribution is 5.81. The summed E-state index contributed by atoms with van der Waals surface area (Å²) in [5.41, 5.74) is -0.366. The van der Waals surface area contributed by atoms with E-state index in [1.165, 1.54) is 12.8 Å². The highest BCUT2D eigenvalue weighted by Gasteiger charge is 2.26. The summed E-state index contributed by atoms with van der Waals surface area (Å²) in [6, 6.07) is 0. The van der Waals surface area contributed by atoms with Crippen LogP contribution in [0.2, 0.25) is 0 Å². The van der Waals surface area contributed by atoms with E-state index in [1.54, 1.807) is 0 Å². The fourth-order valence-corrected chi connectivity index (χ4v) is 1.97. The van der Waals surface area contributed by atoms with Gasteiger partial charge in [0.25, 0.3) is 0 Å². The van der Waals surface area contributed by atoms with E-state index < -0.39 is 0 Å². The minimum absolute atomic E-state index is 0.0135. The summed E-state index contributed by atoms with van der Waals surface area (Å²) >= 11 is 0. The molecule has 1 saturated carbocycles. The van der Waals surface area contributed by atoms with Crippen LogP contribution in [0.25, 0.3) is 0 Å². The molecule has 0 aliphatic heterocycles. The number of carbonyl (C=O) groups is 1. The van der Waals surface area contributed by atoms with Crippen molar-refractivity contribution >= 4 is 5.91 Å². The first-order valence-electron chi connectivity index (χ1n) is 5.87. The number of aliphatic hydroxyl groups excluding tert-OH is 1. The molecule has 3 heteroatoms. The molecule has 1 aliphatic carbocycles. The Labute approximate surface area is 92.3 Å². The number of amides is 1. The van der Waals surface area contributed by atoms with E-state index in [-0.39, 0.29) is 17.4 Å². The molecule has 0 radical (unpaired) electrons. The maximum absolute atomic E-state index is 11.6. The molecule has 0 aromatic carbocycles. The zero-order valence-electron chi connectivity index (χ0n) is 10.0. The van der Waals surface area contributed by atoms with Crippen molar-refractivity contribution in [3.63, 3.8) is 0 Å². The van der Waals surface area contributed by atoms with Crippen molar-refractivity contribution in [2.24, 2.45) is 11.3 Å². The fraction of sp³-hybridized carbons (Fsp3) is 0.917. The molecule has 88 valence electrons. The van der Waals surface area contributed by atoms with E-state index in [0.29, 0.717) is 12.5 Å². The Morgan fingerprint density at radius 2 is 1.93 bits per heavy atom. The topological polar surface area (TPSA) is 49.3 Å². The first-order valence-corrected chi connectivity index (χ1v) is 5.87. The van der Waals surface area contributed by atoms with E-state index in [4.69, 9.17) is 0 Å². The number of hydrogen-bond acceptors (Lipinski definition) is 2. The van der Waals surface area contributed by atoms with Crippen LogP contribution in [0.5, 0.6) is 0 Å². The SMILES string of the molecule is CC(C)(C)C(=O)NCC(O)C1CCCC1. The molecule has 1 unspecified atom stereocenters. The molecule has 3 nitrogen and oxygen atoms in total. The van der Waals surface area contributed by atoms with E-state index in [2.05, 4.69) is 5.32 Å². The van der Waals surface area contributed by atoms with Gasteiger partial charge in [-0.15, -0.1) is 0 Å². The maximum atomic E-state index is 11.6. The highest BCUT2D eigenvalue weighted by atomic mass is 16.3. The average Bonchev–Trinajstić information content (AvgIpc) is 2.64. The molecular formula is C12H23NO2. The standard InChI is InChI=1S/C12H23NO2/c1-12(2,3)11(15)13-8-10(14)9-6-4-5-7-9/h9-10,14H,4-8H2,1-3H3,(H,13,15). The van der Waals surface area contributed by atoms with Gasteiger partial charge in [0.05, 0.1) is 6.10 Å². The molecule has 1 fully saturated rings. The molecule has 1 aliphatic rings. The zero-order valence-corrected chi connectivity index (χ0v) is 10.0. The van der Waals surface area contributed by atoms with Crippen LogP contribution in [0.3, 0.4) is 0 Å². The molecule has 1 rings (SSSR count). The number of carbonyl (C=O) groups excluding carboxylic acids is 1. The fourth-order valence-electron chi connectivity index (χ4n) is 1.97. The lowest BCUT2D eigenvalue weighted by molar-refractivity contribution is -0.129. The quantitative estimate of drug-likeness (QED) is 0.749. The van der Waals surface area contributed by atoms with Crippen molar-refractivity contribution in [2.75, 3.05) is 6.54 Å². The Bertz CT molecular complexity index is 214. The van der Waals surface area contributed by atoms with E-state index in [9.17, 15) is 9.90 Å². The van der Waals surface area contributed by atoms with E-state index >= 15 is 0 Å². The first kappa shape index (κ1) is 12.5. The van der Waals surface area contributed by atoms with Crippen molar-refractivity contribution in [3.05, 3.63) is 0 Å². The Morgan fingerprint density at radius 1 is 1.40 bits per heavy atom. The monoisotopic (exact) mass is 213 g/mol. The highest BCUT2D eigenvalue weighted by Crippen LogP contribution is 2.27. The van der Waals surface area contributed by atoms with Crippen LogP contribution < -0.4 is 5.32 Å². The van der Waals surface area contributed by atoms with Gasteiger partial charge in [-0.05, 0) is 18.8 Å². The Kier molecular flexibility index (Phi) is 4.14. The van der Waals surface area contributed by atoms with Crippen LogP contribution in [0.4, 0.5) is 0 Å². The van der Waals surface area contributed by atoms with E-state index in [1.807, 2.05) is 20.8 Å². The van der Waals surface area contributed by atoms with Crippen molar-refractivity contribution in [1.29, 1.82) is 0 Å². The van der Waals surface area contributed by atoms with Crippen LogP contribution in [-0.2, 0) is 4.79 Å². The van der Waals surface area contributed by atoms with E-state index in [0.717, 1.165) is 12.8 Å². The molecule has 0 saturated heterocycles. The largest absolute Gasteiger partial charge is 0.391 e. The molecular weight excluding hydrogens is 190 g/mol. The third kappa shape index (κ3) is 3.82. The second kappa shape index (κ2) is 4.97. The van der Waals surface area contributed by atoms with Crippen LogP contribution in [0.1, 0.15) is 46.5 Å².